The number of hydrogen-bond acceptors (Lipinski definition) is 4. The second-order valence-corrected chi connectivity index (χ2v) is 5.23. The van der Waals surface area contributed by atoms with E-state index in [0.717, 1.165) is 11.1 Å². The Morgan fingerprint density at radius 2 is 2.05 bits per heavy atom. The summed E-state index contributed by atoms with van der Waals surface area (Å²) < 4.78 is 4.89. The Bertz CT molecular complexity index is 706. The number of aromatic nitrogens is 1. The molecule has 0 aliphatic heterocycles. The number of hydrogen-bond donors (Lipinski definition) is 2. The van der Waals surface area contributed by atoms with Gasteiger partial charge in [-0.05, 0) is 37.5 Å². The number of carboxylic acid groups (broad SMARTS) is 1. The zero-order valence-electron chi connectivity index (χ0n) is 12.7. The Labute approximate surface area is 128 Å². The highest BCUT2D eigenvalue weighted by Crippen LogP contribution is 2.21. The van der Waals surface area contributed by atoms with Crippen molar-refractivity contribution in [2.45, 2.75) is 33.2 Å². The maximum atomic E-state index is 12.1. The molecule has 2 N–H and O–H groups in total. The third kappa shape index (κ3) is 3.52. The monoisotopic (exact) mass is 302 g/mol. The molecular formula is C16H18N2O4. The third-order valence-electron chi connectivity index (χ3n) is 3.53. The SMILES string of the molecule is Cc1cc(CC(=O)NC(C(=O)O)c2cccc(C)c2C)no1. The van der Waals surface area contributed by atoms with Crippen LogP contribution in [0.4, 0.5) is 0 Å². The van der Waals surface area contributed by atoms with E-state index in [0.29, 0.717) is 17.0 Å². The van der Waals surface area contributed by atoms with Gasteiger partial charge in [-0.3, -0.25) is 4.79 Å². The summed E-state index contributed by atoms with van der Waals surface area (Å²) in [7, 11) is 0. The first-order valence-electron chi connectivity index (χ1n) is 6.89. The number of aliphatic carboxylic acids is 1. The van der Waals surface area contributed by atoms with E-state index in [1.807, 2.05) is 19.9 Å². The second kappa shape index (κ2) is 6.43. The Balaban J connectivity index is 2.17. The maximum absolute atomic E-state index is 12.1. The van der Waals surface area contributed by atoms with Gasteiger partial charge in [-0.2, -0.15) is 0 Å². The van der Waals surface area contributed by atoms with Crippen LogP contribution in [0.1, 0.15) is 34.2 Å². The van der Waals surface area contributed by atoms with Crippen LogP contribution in [0.5, 0.6) is 0 Å². The van der Waals surface area contributed by atoms with Crippen molar-refractivity contribution >= 4 is 11.9 Å². The van der Waals surface area contributed by atoms with E-state index in [-0.39, 0.29) is 6.42 Å². The van der Waals surface area contributed by atoms with Gasteiger partial charge in [-0.1, -0.05) is 23.4 Å². The highest BCUT2D eigenvalue weighted by Gasteiger charge is 2.24. The van der Waals surface area contributed by atoms with Crippen LogP contribution in [0, 0.1) is 20.8 Å². The first kappa shape index (κ1) is 15.8. The zero-order valence-corrected chi connectivity index (χ0v) is 12.7. The molecule has 1 aromatic heterocycles. The third-order valence-corrected chi connectivity index (χ3v) is 3.53. The van der Waals surface area contributed by atoms with Crippen LogP contribution >= 0.6 is 0 Å². The minimum absolute atomic E-state index is 0.0218. The van der Waals surface area contributed by atoms with Gasteiger partial charge in [0.1, 0.15) is 5.76 Å². The minimum atomic E-state index is -1.10. The van der Waals surface area contributed by atoms with Crippen LogP contribution in [0.15, 0.2) is 28.8 Å². The fourth-order valence-electron chi connectivity index (χ4n) is 2.24. The second-order valence-electron chi connectivity index (χ2n) is 5.23. The molecule has 2 rings (SSSR count). The van der Waals surface area contributed by atoms with Crippen LogP contribution in [0.3, 0.4) is 0 Å². The van der Waals surface area contributed by atoms with E-state index in [1.54, 1.807) is 25.1 Å². The average Bonchev–Trinajstić information content (AvgIpc) is 2.84. The molecule has 0 spiro atoms. The number of rotatable bonds is 5. The highest BCUT2D eigenvalue weighted by atomic mass is 16.5. The number of nitrogens with zero attached hydrogens (tertiary/aromatic N) is 1. The van der Waals surface area contributed by atoms with Crippen LogP contribution in [-0.2, 0) is 16.0 Å². The smallest absolute Gasteiger partial charge is 0.330 e. The Morgan fingerprint density at radius 1 is 1.32 bits per heavy atom. The molecule has 0 saturated heterocycles. The molecule has 22 heavy (non-hydrogen) atoms. The van der Waals surface area contributed by atoms with Crippen molar-refractivity contribution in [3.05, 3.63) is 52.4 Å². The van der Waals surface area contributed by atoms with Crippen molar-refractivity contribution in [2.24, 2.45) is 0 Å². The molecule has 116 valence electrons. The summed E-state index contributed by atoms with van der Waals surface area (Å²) in [6, 6.07) is 5.95. The van der Waals surface area contributed by atoms with Crippen LogP contribution < -0.4 is 5.32 Å². The highest BCUT2D eigenvalue weighted by molar-refractivity contribution is 5.85. The van der Waals surface area contributed by atoms with Crippen LogP contribution in [0.25, 0.3) is 0 Å². The molecule has 1 amide bonds. The first-order valence-corrected chi connectivity index (χ1v) is 6.89. The Hall–Kier alpha value is -2.63. The minimum Gasteiger partial charge on any atom is -0.479 e. The lowest BCUT2D eigenvalue weighted by atomic mass is 9.97. The van der Waals surface area contributed by atoms with Crippen LogP contribution in [0.2, 0.25) is 0 Å². The molecule has 1 unspecified atom stereocenters. The molecule has 0 radical (unpaired) electrons. The average molecular weight is 302 g/mol. The molecule has 1 aromatic carbocycles. The van der Waals surface area contributed by atoms with Gasteiger partial charge in [0.05, 0.1) is 12.1 Å². The van der Waals surface area contributed by atoms with Crippen LogP contribution in [-0.4, -0.2) is 22.1 Å². The largest absolute Gasteiger partial charge is 0.479 e. The summed E-state index contributed by atoms with van der Waals surface area (Å²) in [6.07, 6.45) is -0.0218. The molecule has 1 heterocycles. The zero-order chi connectivity index (χ0) is 16.3. The fraction of sp³-hybridized carbons (Fsp3) is 0.312. The van der Waals surface area contributed by atoms with Gasteiger partial charge in [0.15, 0.2) is 6.04 Å². The van der Waals surface area contributed by atoms with E-state index < -0.39 is 17.9 Å². The van der Waals surface area contributed by atoms with Gasteiger partial charge >= 0.3 is 5.97 Å². The van der Waals surface area contributed by atoms with E-state index in [1.165, 1.54) is 0 Å². The summed E-state index contributed by atoms with van der Waals surface area (Å²) in [5.41, 5.74) is 2.88. The number of aryl methyl sites for hydroxylation is 2. The van der Waals surface area contributed by atoms with Gasteiger partial charge in [0.25, 0.3) is 0 Å². The summed E-state index contributed by atoms with van der Waals surface area (Å²) in [5.74, 6) is -0.910. The van der Waals surface area contributed by atoms with Crippen molar-refractivity contribution in [1.82, 2.24) is 10.5 Å². The van der Waals surface area contributed by atoms with Crippen molar-refractivity contribution in [1.29, 1.82) is 0 Å². The Kier molecular flexibility index (Phi) is 4.60. The number of benzene rings is 1. The molecule has 0 saturated carbocycles. The lowest BCUT2D eigenvalue weighted by molar-refractivity contribution is -0.142. The van der Waals surface area contributed by atoms with Crippen molar-refractivity contribution in [3.8, 4) is 0 Å². The number of carboxylic acids is 1. The van der Waals surface area contributed by atoms with E-state index in [2.05, 4.69) is 10.5 Å². The quantitative estimate of drug-likeness (QED) is 0.882. The van der Waals surface area contributed by atoms with Gasteiger partial charge in [0.2, 0.25) is 5.91 Å². The van der Waals surface area contributed by atoms with Crippen molar-refractivity contribution in [2.75, 3.05) is 0 Å². The lowest BCUT2D eigenvalue weighted by Crippen LogP contribution is -2.35. The molecular weight excluding hydrogens is 284 g/mol. The summed E-state index contributed by atoms with van der Waals surface area (Å²) in [6.45, 7) is 5.47. The van der Waals surface area contributed by atoms with Gasteiger partial charge < -0.3 is 14.9 Å². The molecule has 0 aliphatic carbocycles. The summed E-state index contributed by atoms with van der Waals surface area (Å²) >= 11 is 0. The standard InChI is InChI=1S/C16H18N2O4/c1-9-5-4-6-13(11(9)3)15(16(20)21)17-14(19)8-12-7-10(2)22-18-12/h4-7,15H,8H2,1-3H3,(H,17,19)(H,20,21). The number of carbonyl (C=O) groups excluding carboxylic acids is 1. The first-order chi connectivity index (χ1) is 10.4. The predicted octanol–water partition coefficient (Wildman–Crippen LogP) is 2.08. The normalized spacial score (nSPS) is 12.0. The van der Waals surface area contributed by atoms with E-state index in [4.69, 9.17) is 4.52 Å². The molecule has 0 fully saturated rings. The van der Waals surface area contributed by atoms with Gasteiger partial charge in [-0.15, -0.1) is 0 Å². The fourth-order valence-corrected chi connectivity index (χ4v) is 2.24. The van der Waals surface area contributed by atoms with E-state index in [9.17, 15) is 14.7 Å². The van der Waals surface area contributed by atoms with Gasteiger partial charge in [0, 0.05) is 6.07 Å². The number of carbonyl (C=O) groups is 2. The molecule has 6 nitrogen and oxygen atoms in total. The molecule has 0 bridgehead atoms. The summed E-state index contributed by atoms with van der Waals surface area (Å²) in [4.78, 5) is 23.6. The number of amides is 1. The maximum Gasteiger partial charge on any atom is 0.330 e. The van der Waals surface area contributed by atoms with Crippen molar-refractivity contribution in [3.63, 3.8) is 0 Å². The molecule has 6 heteroatoms. The molecule has 2 aromatic rings. The Morgan fingerprint density at radius 3 is 2.64 bits per heavy atom. The van der Waals surface area contributed by atoms with Crippen molar-refractivity contribution < 1.29 is 19.2 Å². The summed E-state index contributed by atoms with van der Waals surface area (Å²) in [5, 5.41) is 15.7. The predicted molar refractivity (Wildman–Crippen MR) is 79.4 cm³/mol. The topological polar surface area (TPSA) is 92.4 Å². The van der Waals surface area contributed by atoms with E-state index >= 15 is 0 Å². The lowest BCUT2D eigenvalue weighted by Gasteiger charge is -2.18. The molecule has 0 aliphatic rings. The number of nitrogens with one attached hydrogen (secondary N) is 1. The van der Waals surface area contributed by atoms with Gasteiger partial charge in [-0.25, -0.2) is 4.79 Å². The molecule has 1 atom stereocenters.